The number of non-ortho nitro benzene ring substituents is 1. The van der Waals surface area contributed by atoms with E-state index in [1.54, 1.807) is 6.92 Å². The van der Waals surface area contributed by atoms with Crippen LogP contribution in [0.5, 0.6) is 5.75 Å². The van der Waals surface area contributed by atoms with E-state index < -0.39 is 4.92 Å². The maximum atomic E-state index is 10.6. The predicted octanol–water partition coefficient (Wildman–Crippen LogP) is 3.43. The Morgan fingerprint density at radius 3 is 2.74 bits per heavy atom. The van der Waals surface area contributed by atoms with E-state index in [-0.39, 0.29) is 17.3 Å². The molecule has 0 aliphatic rings. The van der Waals surface area contributed by atoms with E-state index in [2.05, 4.69) is 5.16 Å². The minimum atomic E-state index is -0.510. The lowest BCUT2D eigenvalue weighted by molar-refractivity contribution is -0.384. The third-order valence-corrected chi connectivity index (χ3v) is 2.97. The highest BCUT2D eigenvalue weighted by atomic mass is 35.5. The van der Waals surface area contributed by atoms with Crippen molar-refractivity contribution in [2.24, 2.45) is 0 Å². The number of rotatable bonds is 4. The molecule has 1 heterocycles. The van der Waals surface area contributed by atoms with Gasteiger partial charge >= 0.3 is 0 Å². The molecule has 0 fully saturated rings. The van der Waals surface area contributed by atoms with E-state index in [9.17, 15) is 10.1 Å². The van der Waals surface area contributed by atoms with Crippen molar-refractivity contribution < 1.29 is 14.2 Å². The first-order valence-electron chi connectivity index (χ1n) is 5.47. The van der Waals surface area contributed by atoms with Gasteiger partial charge in [0.05, 0.1) is 21.2 Å². The lowest BCUT2D eigenvalue weighted by Crippen LogP contribution is -1.98. The maximum Gasteiger partial charge on any atom is 0.271 e. The summed E-state index contributed by atoms with van der Waals surface area (Å²) in [6, 6.07) is 4.07. The standard InChI is InChI=1S/C12H11ClN2O4/c1-7-10(8(2)19-14-7)6-18-12-4-3-9(15(16)17)5-11(12)13/h3-5H,6H2,1-2H3. The molecule has 0 radical (unpaired) electrons. The highest BCUT2D eigenvalue weighted by Gasteiger charge is 2.13. The number of nitrogens with zero attached hydrogens (tertiary/aromatic N) is 2. The molecule has 0 N–H and O–H groups in total. The number of nitro groups is 1. The molecule has 0 unspecified atom stereocenters. The number of benzene rings is 1. The van der Waals surface area contributed by atoms with Crippen LogP contribution in [0.3, 0.4) is 0 Å². The Morgan fingerprint density at radius 1 is 1.47 bits per heavy atom. The number of hydrogen-bond acceptors (Lipinski definition) is 5. The summed E-state index contributed by atoms with van der Waals surface area (Å²) in [6.07, 6.45) is 0. The molecule has 0 spiro atoms. The van der Waals surface area contributed by atoms with E-state index in [1.165, 1.54) is 18.2 Å². The average Bonchev–Trinajstić information content (AvgIpc) is 2.68. The van der Waals surface area contributed by atoms with Crippen molar-refractivity contribution in [1.82, 2.24) is 5.16 Å². The molecule has 6 nitrogen and oxygen atoms in total. The third kappa shape index (κ3) is 2.85. The fourth-order valence-electron chi connectivity index (χ4n) is 1.58. The van der Waals surface area contributed by atoms with Gasteiger partial charge in [-0.2, -0.15) is 0 Å². The van der Waals surface area contributed by atoms with Crippen molar-refractivity contribution in [2.75, 3.05) is 0 Å². The Hall–Kier alpha value is -2.08. The Balaban J connectivity index is 2.14. The Bertz CT molecular complexity index is 605. The van der Waals surface area contributed by atoms with Crippen LogP contribution in [-0.2, 0) is 6.61 Å². The van der Waals surface area contributed by atoms with Crippen LogP contribution in [0.1, 0.15) is 17.0 Å². The molecule has 100 valence electrons. The van der Waals surface area contributed by atoms with Crippen LogP contribution in [0.4, 0.5) is 5.69 Å². The summed E-state index contributed by atoms with van der Waals surface area (Å²) in [4.78, 5) is 10.1. The predicted molar refractivity (Wildman–Crippen MR) is 68.4 cm³/mol. The molecule has 0 atom stereocenters. The zero-order valence-corrected chi connectivity index (χ0v) is 11.1. The molecule has 19 heavy (non-hydrogen) atoms. The largest absolute Gasteiger partial charge is 0.487 e. The first-order valence-corrected chi connectivity index (χ1v) is 5.85. The van der Waals surface area contributed by atoms with Gasteiger partial charge in [0.25, 0.3) is 5.69 Å². The summed E-state index contributed by atoms with van der Waals surface area (Å²) in [5.74, 6) is 1.06. The van der Waals surface area contributed by atoms with Crippen LogP contribution < -0.4 is 4.74 Å². The SMILES string of the molecule is Cc1noc(C)c1COc1ccc([N+](=O)[O-])cc1Cl. The first kappa shape index (κ1) is 13.4. The van der Waals surface area contributed by atoms with Crippen LogP contribution in [0, 0.1) is 24.0 Å². The minimum absolute atomic E-state index is 0.0744. The molecular weight excluding hydrogens is 272 g/mol. The molecule has 0 amide bonds. The van der Waals surface area contributed by atoms with Crippen LogP contribution in [0.2, 0.25) is 5.02 Å². The average molecular weight is 283 g/mol. The van der Waals surface area contributed by atoms with Gasteiger partial charge in [-0.15, -0.1) is 0 Å². The quantitative estimate of drug-likeness (QED) is 0.634. The van der Waals surface area contributed by atoms with Crippen LogP contribution in [0.25, 0.3) is 0 Å². The van der Waals surface area contributed by atoms with Crippen molar-refractivity contribution in [3.05, 3.63) is 50.4 Å². The van der Waals surface area contributed by atoms with Crippen LogP contribution in [0.15, 0.2) is 22.7 Å². The zero-order chi connectivity index (χ0) is 14.0. The molecule has 0 saturated carbocycles. The fourth-order valence-corrected chi connectivity index (χ4v) is 1.81. The monoisotopic (exact) mass is 282 g/mol. The second-order valence-electron chi connectivity index (χ2n) is 3.96. The van der Waals surface area contributed by atoms with Gasteiger partial charge in [0.1, 0.15) is 18.1 Å². The fraction of sp³-hybridized carbons (Fsp3) is 0.250. The molecule has 7 heteroatoms. The van der Waals surface area contributed by atoms with Crippen LogP contribution >= 0.6 is 11.6 Å². The molecular formula is C12H11ClN2O4. The van der Waals surface area contributed by atoms with E-state index in [4.69, 9.17) is 20.9 Å². The number of aryl methyl sites for hydroxylation is 2. The van der Waals surface area contributed by atoms with Gasteiger partial charge in [0, 0.05) is 12.1 Å². The Morgan fingerprint density at radius 2 is 2.21 bits per heavy atom. The molecule has 0 aliphatic carbocycles. The summed E-state index contributed by atoms with van der Waals surface area (Å²) in [6.45, 7) is 3.85. The zero-order valence-electron chi connectivity index (χ0n) is 10.3. The van der Waals surface area contributed by atoms with Crippen molar-refractivity contribution in [3.63, 3.8) is 0 Å². The van der Waals surface area contributed by atoms with E-state index in [1.807, 2.05) is 6.92 Å². The van der Waals surface area contributed by atoms with E-state index in [0.717, 1.165) is 11.3 Å². The number of ether oxygens (including phenoxy) is 1. The van der Waals surface area contributed by atoms with E-state index >= 15 is 0 Å². The highest BCUT2D eigenvalue weighted by molar-refractivity contribution is 6.32. The van der Waals surface area contributed by atoms with Crippen molar-refractivity contribution in [1.29, 1.82) is 0 Å². The van der Waals surface area contributed by atoms with Crippen molar-refractivity contribution >= 4 is 17.3 Å². The lowest BCUT2D eigenvalue weighted by Gasteiger charge is -2.07. The molecule has 0 bridgehead atoms. The summed E-state index contributed by atoms with van der Waals surface area (Å²) in [5.41, 5.74) is 1.51. The van der Waals surface area contributed by atoms with Gasteiger partial charge in [-0.05, 0) is 19.9 Å². The van der Waals surface area contributed by atoms with Gasteiger partial charge in [0.2, 0.25) is 0 Å². The molecule has 0 aliphatic heterocycles. The first-order chi connectivity index (χ1) is 8.99. The second-order valence-corrected chi connectivity index (χ2v) is 4.37. The number of aromatic nitrogens is 1. The van der Waals surface area contributed by atoms with Gasteiger partial charge in [-0.3, -0.25) is 10.1 Å². The normalized spacial score (nSPS) is 10.5. The number of nitro benzene ring substituents is 1. The summed E-state index contributed by atoms with van der Waals surface area (Å²) >= 11 is 5.92. The van der Waals surface area contributed by atoms with Gasteiger partial charge < -0.3 is 9.26 Å². The second kappa shape index (κ2) is 5.27. The third-order valence-electron chi connectivity index (χ3n) is 2.68. The van der Waals surface area contributed by atoms with Crippen molar-refractivity contribution in [2.45, 2.75) is 20.5 Å². The summed E-state index contributed by atoms with van der Waals surface area (Å²) in [5, 5.41) is 14.6. The van der Waals surface area contributed by atoms with Gasteiger partial charge in [0.15, 0.2) is 0 Å². The molecule has 0 saturated heterocycles. The Labute approximate surface area is 114 Å². The summed E-state index contributed by atoms with van der Waals surface area (Å²) < 4.78 is 10.5. The topological polar surface area (TPSA) is 78.4 Å². The Kier molecular flexibility index (Phi) is 3.71. The van der Waals surface area contributed by atoms with E-state index in [0.29, 0.717) is 11.5 Å². The molecule has 1 aromatic carbocycles. The maximum absolute atomic E-state index is 10.6. The van der Waals surface area contributed by atoms with Gasteiger partial charge in [-0.25, -0.2) is 0 Å². The molecule has 2 aromatic rings. The highest BCUT2D eigenvalue weighted by Crippen LogP contribution is 2.29. The molecule has 1 aromatic heterocycles. The summed E-state index contributed by atoms with van der Waals surface area (Å²) in [7, 11) is 0. The van der Waals surface area contributed by atoms with Crippen LogP contribution in [-0.4, -0.2) is 10.1 Å². The number of hydrogen-bond donors (Lipinski definition) is 0. The number of halogens is 1. The lowest BCUT2D eigenvalue weighted by atomic mass is 10.2. The van der Waals surface area contributed by atoms with Crippen molar-refractivity contribution in [3.8, 4) is 5.75 Å². The van der Waals surface area contributed by atoms with Gasteiger partial charge in [-0.1, -0.05) is 16.8 Å². The molecule has 2 rings (SSSR count). The smallest absolute Gasteiger partial charge is 0.271 e. The minimum Gasteiger partial charge on any atom is -0.487 e.